The molecule has 6 heteroatoms. The van der Waals surface area contributed by atoms with Crippen LogP contribution in [0.4, 0.5) is 0 Å². The third kappa shape index (κ3) is 4.85. The number of nitrogens with one attached hydrogen (secondary N) is 1. The number of carbonyl (C=O) groups is 1. The second-order valence-electron chi connectivity index (χ2n) is 10.8. The Morgan fingerprint density at radius 3 is 2.68 bits per heavy atom. The summed E-state index contributed by atoms with van der Waals surface area (Å²) in [5.41, 5.74) is 5.26. The molecular formula is C25H36N4O2. The molecule has 1 saturated heterocycles. The first kappa shape index (κ1) is 22.0. The molecule has 0 saturated carbocycles. The minimum absolute atomic E-state index is 0.0119. The van der Waals surface area contributed by atoms with Crippen molar-refractivity contribution in [3.8, 4) is 0 Å². The van der Waals surface area contributed by atoms with E-state index in [4.69, 9.17) is 0 Å². The summed E-state index contributed by atoms with van der Waals surface area (Å²) in [4.78, 5) is 15.2. The average Bonchev–Trinajstić information content (AvgIpc) is 3.36. The van der Waals surface area contributed by atoms with Crippen LogP contribution in [-0.4, -0.2) is 44.4 Å². The summed E-state index contributed by atoms with van der Waals surface area (Å²) in [6.45, 7) is 13.1. The molecule has 2 aromatic rings. The van der Waals surface area contributed by atoms with Crippen LogP contribution in [0, 0.1) is 0 Å². The molecule has 2 N–H and O–H groups in total. The maximum atomic E-state index is 13.2. The molecule has 0 spiro atoms. The van der Waals surface area contributed by atoms with Crippen molar-refractivity contribution in [2.45, 2.75) is 84.0 Å². The molecule has 1 atom stereocenters. The fraction of sp³-hybridized carbons (Fsp3) is 0.600. The van der Waals surface area contributed by atoms with E-state index in [1.165, 1.54) is 28.7 Å². The van der Waals surface area contributed by atoms with Gasteiger partial charge >= 0.3 is 0 Å². The summed E-state index contributed by atoms with van der Waals surface area (Å²) in [7, 11) is 0. The summed E-state index contributed by atoms with van der Waals surface area (Å²) >= 11 is 0. The van der Waals surface area contributed by atoms with E-state index in [1.54, 1.807) is 30.9 Å². The van der Waals surface area contributed by atoms with Gasteiger partial charge in [-0.15, -0.1) is 0 Å². The van der Waals surface area contributed by atoms with Gasteiger partial charge in [-0.05, 0) is 67.3 Å². The fourth-order valence-corrected chi connectivity index (χ4v) is 4.70. The first-order chi connectivity index (χ1) is 14.5. The quantitative estimate of drug-likeness (QED) is 0.787. The van der Waals surface area contributed by atoms with Gasteiger partial charge in [-0.2, -0.15) is 5.10 Å². The Hall–Kier alpha value is -2.18. The number of rotatable bonds is 4. The fourth-order valence-electron chi connectivity index (χ4n) is 4.70. The van der Waals surface area contributed by atoms with E-state index < -0.39 is 5.60 Å². The van der Waals surface area contributed by atoms with Crippen LogP contribution in [0.3, 0.4) is 0 Å². The molecule has 1 amide bonds. The topological polar surface area (TPSA) is 70.4 Å². The van der Waals surface area contributed by atoms with Gasteiger partial charge in [-0.25, -0.2) is 0 Å². The van der Waals surface area contributed by atoms with E-state index in [0.29, 0.717) is 31.2 Å². The Morgan fingerprint density at radius 2 is 2.03 bits per heavy atom. The van der Waals surface area contributed by atoms with Gasteiger partial charge in [0, 0.05) is 25.3 Å². The zero-order chi connectivity index (χ0) is 22.4. The Morgan fingerprint density at radius 1 is 1.26 bits per heavy atom. The third-order valence-electron chi connectivity index (χ3n) is 6.39. The molecule has 4 rings (SSSR count). The second kappa shape index (κ2) is 8.06. The minimum atomic E-state index is -0.871. The lowest BCUT2D eigenvalue weighted by Crippen LogP contribution is -2.37. The number of amides is 1. The van der Waals surface area contributed by atoms with Crippen molar-refractivity contribution in [1.29, 1.82) is 0 Å². The highest BCUT2D eigenvalue weighted by molar-refractivity contribution is 5.93. The number of carbonyl (C=O) groups excluding carboxylic acids is 1. The van der Waals surface area contributed by atoms with E-state index >= 15 is 0 Å². The highest BCUT2D eigenvalue weighted by atomic mass is 16.3. The predicted molar refractivity (Wildman–Crippen MR) is 122 cm³/mol. The molecule has 31 heavy (non-hydrogen) atoms. The number of benzene rings is 1. The number of nitrogens with zero attached hydrogens (tertiary/aromatic N) is 3. The maximum absolute atomic E-state index is 13.2. The van der Waals surface area contributed by atoms with Crippen molar-refractivity contribution >= 4 is 5.91 Å². The average molecular weight is 425 g/mol. The van der Waals surface area contributed by atoms with Gasteiger partial charge in [0.15, 0.2) is 0 Å². The molecule has 0 aliphatic carbocycles. The van der Waals surface area contributed by atoms with Crippen molar-refractivity contribution in [3.63, 3.8) is 0 Å². The minimum Gasteiger partial charge on any atom is -0.389 e. The zero-order valence-corrected chi connectivity index (χ0v) is 19.5. The molecule has 2 aliphatic heterocycles. The van der Waals surface area contributed by atoms with Crippen LogP contribution in [0.25, 0.3) is 0 Å². The molecule has 2 aliphatic rings. The molecule has 3 heterocycles. The molecule has 6 nitrogen and oxygen atoms in total. The van der Waals surface area contributed by atoms with E-state index in [1.807, 2.05) is 4.90 Å². The Labute approximate surface area is 185 Å². The third-order valence-corrected chi connectivity index (χ3v) is 6.39. The number of hydrogen-bond acceptors (Lipinski definition) is 4. The smallest absolute Gasteiger partial charge is 0.257 e. The summed E-state index contributed by atoms with van der Waals surface area (Å²) in [6.07, 6.45) is 6.59. The van der Waals surface area contributed by atoms with Crippen LogP contribution < -0.4 is 5.32 Å². The van der Waals surface area contributed by atoms with Crippen molar-refractivity contribution in [2.24, 2.45) is 0 Å². The number of hydrogen-bond donors (Lipinski definition) is 2. The SMILES string of the molecule is CC(C)(O)Cn1cc(C(=O)N2CCc3cc(C(C)(C)C)cc([C@@H]4CCCN4)c3C2)cn1. The highest BCUT2D eigenvalue weighted by Gasteiger charge is 2.30. The Kier molecular flexibility index (Phi) is 5.73. The van der Waals surface area contributed by atoms with Crippen LogP contribution in [0.2, 0.25) is 0 Å². The summed E-state index contributed by atoms with van der Waals surface area (Å²) in [5.74, 6) is 0.0119. The standard InChI is InChI=1S/C25H36N4O2/c1-24(2,3)19-11-17-8-10-28(15-21(17)20(12-19)22-7-6-9-26-22)23(30)18-13-27-29(14-18)16-25(4,5)31/h11-14,22,26,31H,6-10,15-16H2,1-5H3/t22-/m0/s1. The molecule has 0 unspecified atom stereocenters. The first-order valence-electron chi connectivity index (χ1n) is 11.4. The van der Waals surface area contributed by atoms with Crippen molar-refractivity contribution < 1.29 is 9.90 Å². The zero-order valence-electron chi connectivity index (χ0n) is 19.5. The van der Waals surface area contributed by atoms with Crippen LogP contribution in [0.1, 0.15) is 86.1 Å². The molecule has 168 valence electrons. The van der Waals surface area contributed by atoms with Gasteiger partial charge in [0.05, 0.1) is 23.9 Å². The van der Waals surface area contributed by atoms with Gasteiger partial charge in [0.2, 0.25) is 0 Å². The largest absolute Gasteiger partial charge is 0.389 e. The highest BCUT2D eigenvalue weighted by Crippen LogP contribution is 2.36. The summed E-state index contributed by atoms with van der Waals surface area (Å²) in [5, 5.41) is 18.0. The monoisotopic (exact) mass is 424 g/mol. The number of aromatic nitrogens is 2. The lowest BCUT2D eigenvalue weighted by atomic mass is 9.80. The number of aliphatic hydroxyl groups is 1. The molecule has 1 aromatic heterocycles. The van der Waals surface area contributed by atoms with Crippen molar-refractivity contribution in [1.82, 2.24) is 20.0 Å². The molecule has 1 aromatic carbocycles. The molecule has 1 fully saturated rings. The van der Waals surface area contributed by atoms with Gasteiger partial charge in [-0.1, -0.05) is 32.9 Å². The van der Waals surface area contributed by atoms with Crippen LogP contribution in [-0.2, 0) is 24.9 Å². The van der Waals surface area contributed by atoms with E-state index in [-0.39, 0.29) is 11.3 Å². The van der Waals surface area contributed by atoms with Crippen LogP contribution in [0.5, 0.6) is 0 Å². The molecular weight excluding hydrogens is 388 g/mol. The number of fused-ring (bicyclic) bond motifs is 1. The Balaban J connectivity index is 1.61. The lowest BCUT2D eigenvalue weighted by molar-refractivity contribution is 0.0575. The molecule has 0 radical (unpaired) electrons. The second-order valence-corrected chi connectivity index (χ2v) is 10.8. The Bertz CT molecular complexity index is 959. The predicted octanol–water partition coefficient (Wildman–Crippen LogP) is 3.57. The van der Waals surface area contributed by atoms with Gasteiger partial charge in [0.1, 0.15) is 0 Å². The van der Waals surface area contributed by atoms with Crippen LogP contribution in [0.15, 0.2) is 24.5 Å². The normalized spacial score (nSPS) is 19.5. The summed E-state index contributed by atoms with van der Waals surface area (Å²) in [6, 6.07) is 5.11. The van der Waals surface area contributed by atoms with Gasteiger partial charge < -0.3 is 15.3 Å². The van der Waals surface area contributed by atoms with Gasteiger partial charge in [0.25, 0.3) is 5.91 Å². The van der Waals surface area contributed by atoms with E-state index in [0.717, 1.165) is 19.4 Å². The molecule has 0 bridgehead atoms. The van der Waals surface area contributed by atoms with Crippen LogP contribution >= 0.6 is 0 Å². The van der Waals surface area contributed by atoms with Crippen molar-refractivity contribution in [3.05, 3.63) is 52.3 Å². The van der Waals surface area contributed by atoms with Gasteiger partial charge in [-0.3, -0.25) is 9.48 Å². The maximum Gasteiger partial charge on any atom is 0.257 e. The summed E-state index contributed by atoms with van der Waals surface area (Å²) < 4.78 is 1.65. The first-order valence-corrected chi connectivity index (χ1v) is 11.4. The van der Waals surface area contributed by atoms with E-state index in [2.05, 4.69) is 43.3 Å². The lowest BCUT2D eigenvalue weighted by Gasteiger charge is -2.33. The van der Waals surface area contributed by atoms with Crippen molar-refractivity contribution in [2.75, 3.05) is 13.1 Å². The van der Waals surface area contributed by atoms with E-state index in [9.17, 15) is 9.90 Å².